The van der Waals surface area contributed by atoms with Crippen molar-refractivity contribution in [2.45, 2.75) is 38.8 Å². The second-order valence-corrected chi connectivity index (χ2v) is 8.14. The van der Waals surface area contributed by atoms with Crippen LogP contribution in [0, 0.1) is 10.1 Å². The highest BCUT2D eigenvalue weighted by atomic mass is 16.6. The standard InChI is InChI=1S/C22H26N4O4/c1-15(2)17-7-5-16(6-8-17)13-24(4)14-25-20(27)22(3,23-21(25)28)18-9-11-19(12-10-18)26(29)30/h5-12,15H,13-14H2,1-4H3,(H,23,28)/t22-/m0/s1. The quantitative estimate of drug-likeness (QED) is 0.428. The Kier molecular flexibility index (Phi) is 5.89. The maximum absolute atomic E-state index is 13.0. The fraction of sp³-hybridized carbons (Fsp3) is 0.364. The Hall–Kier alpha value is -3.26. The number of nitro groups is 1. The molecule has 1 heterocycles. The van der Waals surface area contributed by atoms with Gasteiger partial charge in [-0.3, -0.25) is 19.8 Å². The lowest BCUT2D eigenvalue weighted by Gasteiger charge is -2.25. The topological polar surface area (TPSA) is 95.8 Å². The highest BCUT2D eigenvalue weighted by Gasteiger charge is 2.49. The minimum atomic E-state index is -1.26. The molecule has 1 aliphatic heterocycles. The number of nitro benzene ring substituents is 1. The van der Waals surface area contributed by atoms with Gasteiger partial charge in [0.25, 0.3) is 11.6 Å². The van der Waals surface area contributed by atoms with Gasteiger partial charge in [-0.1, -0.05) is 38.1 Å². The third-order valence-corrected chi connectivity index (χ3v) is 5.41. The molecule has 0 aromatic heterocycles. The highest BCUT2D eigenvalue weighted by molar-refractivity contribution is 6.07. The van der Waals surface area contributed by atoms with Gasteiger partial charge in [-0.2, -0.15) is 0 Å². The molecule has 8 heteroatoms. The summed E-state index contributed by atoms with van der Waals surface area (Å²) in [6.45, 7) is 6.61. The molecule has 1 N–H and O–H groups in total. The van der Waals surface area contributed by atoms with Gasteiger partial charge in [-0.25, -0.2) is 9.69 Å². The van der Waals surface area contributed by atoms with Crippen LogP contribution in [-0.2, 0) is 16.9 Å². The number of carbonyl (C=O) groups is 2. The van der Waals surface area contributed by atoms with Crippen LogP contribution < -0.4 is 5.32 Å². The van der Waals surface area contributed by atoms with E-state index in [0.717, 1.165) is 5.56 Å². The first kappa shape index (κ1) is 21.4. The number of rotatable bonds is 7. The third-order valence-electron chi connectivity index (χ3n) is 5.41. The summed E-state index contributed by atoms with van der Waals surface area (Å²) in [5.41, 5.74) is 1.52. The van der Waals surface area contributed by atoms with Gasteiger partial charge in [0.2, 0.25) is 0 Å². The predicted molar refractivity (Wildman–Crippen MR) is 113 cm³/mol. The monoisotopic (exact) mass is 410 g/mol. The maximum atomic E-state index is 13.0. The van der Waals surface area contributed by atoms with Crippen LogP contribution in [0.2, 0.25) is 0 Å². The van der Waals surface area contributed by atoms with Gasteiger partial charge in [-0.05, 0) is 48.7 Å². The zero-order chi connectivity index (χ0) is 22.1. The molecule has 1 fully saturated rings. The Labute approximate surface area is 175 Å². The van der Waals surface area contributed by atoms with Crippen molar-refractivity contribution in [2.75, 3.05) is 13.7 Å². The summed E-state index contributed by atoms with van der Waals surface area (Å²) in [4.78, 5) is 39.0. The lowest BCUT2D eigenvalue weighted by Crippen LogP contribution is -2.42. The lowest BCUT2D eigenvalue weighted by atomic mass is 9.92. The van der Waals surface area contributed by atoms with Crippen molar-refractivity contribution in [1.82, 2.24) is 15.1 Å². The number of benzene rings is 2. The van der Waals surface area contributed by atoms with Crippen LogP contribution in [0.3, 0.4) is 0 Å². The SMILES string of the molecule is CC(C)c1ccc(CN(C)CN2C(=O)N[C@@](C)(c3ccc([N+](=O)[O-])cc3)C2=O)cc1. The molecule has 1 saturated heterocycles. The zero-order valence-electron chi connectivity index (χ0n) is 17.6. The summed E-state index contributed by atoms with van der Waals surface area (Å²) < 4.78 is 0. The van der Waals surface area contributed by atoms with E-state index in [0.29, 0.717) is 18.0 Å². The van der Waals surface area contributed by atoms with Gasteiger partial charge in [0.05, 0.1) is 11.6 Å². The highest BCUT2D eigenvalue weighted by Crippen LogP contribution is 2.30. The number of nitrogens with one attached hydrogen (secondary N) is 1. The van der Waals surface area contributed by atoms with Crippen molar-refractivity contribution in [1.29, 1.82) is 0 Å². The first-order valence-corrected chi connectivity index (χ1v) is 9.78. The molecule has 0 unspecified atom stereocenters. The number of carbonyl (C=O) groups excluding carboxylic acids is 2. The normalized spacial score (nSPS) is 18.9. The van der Waals surface area contributed by atoms with E-state index in [-0.39, 0.29) is 18.3 Å². The van der Waals surface area contributed by atoms with Crippen LogP contribution in [0.5, 0.6) is 0 Å². The molecule has 0 spiro atoms. The average molecular weight is 410 g/mol. The van der Waals surface area contributed by atoms with E-state index in [2.05, 4.69) is 43.4 Å². The van der Waals surface area contributed by atoms with Crippen LogP contribution in [0.25, 0.3) is 0 Å². The number of hydrogen-bond acceptors (Lipinski definition) is 5. The molecular formula is C22H26N4O4. The number of nitrogens with zero attached hydrogens (tertiary/aromatic N) is 3. The number of non-ortho nitro benzene ring substituents is 1. The molecule has 1 aliphatic rings. The molecule has 0 radical (unpaired) electrons. The molecule has 8 nitrogen and oxygen atoms in total. The van der Waals surface area contributed by atoms with Gasteiger partial charge in [0, 0.05) is 18.7 Å². The van der Waals surface area contributed by atoms with Crippen molar-refractivity contribution in [3.8, 4) is 0 Å². The number of imide groups is 1. The van der Waals surface area contributed by atoms with Crippen LogP contribution >= 0.6 is 0 Å². The second kappa shape index (κ2) is 8.23. The molecule has 0 saturated carbocycles. The number of urea groups is 1. The molecule has 2 aromatic carbocycles. The number of amides is 3. The maximum Gasteiger partial charge on any atom is 0.326 e. The second-order valence-electron chi connectivity index (χ2n) is 8.14. The minimum absolute atomic E-state index is 0.0702. The van der Waals surface area contributed by atoms with E-state index in [1.165, 1.54) is 34.7 Å². The van der Waals surface area contributed by atoms with Gasteiger partial charge in [0.1, 0.15) is 5.54 Å². The van der Waals surface area contributed by atoms with Gasteiger partial charge < -0.3 is 5.32 Å². The summed E-state index contributed by atoms with van der Waals surface area (Å²) in [7, 11) is 1.85. The number of hydrogen-bond donors (Lipinski definition) is 1. The summed E-state index contributed by atoms with van der Waals surface area (Å²) >= 11 is 0. The van der Waals surface area contributed by atoms with Gasteiger partial charge in [0.15, 0.2) is 0 Å². The van der Waals surface area contributed by atoms with Gasteiger partial charge >= 0.3 is 6.03 Å². The van der Waals surface area contributed by atoms with Gasteiger partial charge in [-0.15, -0.1) is 0 Å². The minimum Gasteiger partial charge on any atom is -0.319 e. The first-order valence-electron chi connectivity index (χ1n) is 9.78. The molecule has 0 bridgehead atoms. The Morgan fingerprint density at radius 1 is 1.10 bits per heavy atom. The average Bonchev–Trinajstić information content (AvgIpc) is 2.92. The van der Waals surface area contributed by atoms with Crippen molar-refractivity contribution < 1.29 is 14.5 Å². The van der Waals surface area contributed by atoms with E-state index in [4.69, 9.17) is 0 Å². The van der Waals surface area contributed by atoms with Crippen LogP contribution in [-0.4, -0.2) is 40.4 Å². The van der Waals surface area contributed by atoms with Crippen LogP contribution in [0.4, 0.5) is 10.5 Å². The molecule has 0 aliphatic carbocycles. The van der Waals surface area contributed by atoms with Crippen molar-refractivity contribution in [2.24, 2.45) is 0 Å². The van der Waals surface area contributed by atoms with Crippen molar-refractivity contribution >= 4 is 17.6 Å². The molecular weight excluding hydrogens is 384 g/mol. The van der Waals surface area contributed by atoms with E-state index >= 15 is 0 Å². The summed E-state index contributed by atoms with van der Waals surface area (Å²) in [5.74, 6) is 0.0724. The Balaban J connectivity index is 1.70. The third kappa shape index (κ3) is 4.18. The zero-order valence-corrected chi connectivity index (χ0v) is 17.6. The summed E-state index contributed by atoms with van der Waals surface area (Å²) in [5, 5.41) is 13.6. The molecule has 1 atom stereocenters. The summed E-state index contributed by atoms with van der Waals surface area (Å²) in [6.07, 6.45) is 0. The van der Waals surface area contributed by atoms with E-state index in [1.54, 1.807) is 6.92 Å². The molecule has 30 heavy (non-hydrogen) atoms. The van der Waals surface area contributed by atoms with Crippen molar-refractivity contribution in [3.05, 3.63) is 75.3 Å². The Morgan fingerprint density at radius 2 is 1.70 bits per heavy atom. The molecule has 3 amide bonds. The molecule has 158 valence electrons. The molecule has 2 aromatic rings. The van der Waals surface area contributed by atoms with Crippen LogP contribution in [0.1, 0.15) is 43.4 Å². The van der Waals surface area contributed by atoms with Crippen molar-refractivity contribution in [3.63, 3.8) is 0 Å². The van der Waals surface area contributed by atoms with E-state index < -0.39 is 16.5 Å². The van der Waals surface area contributed by atoms with Crippen LogP contribution in [0.15, 0.2) is 48.5 Å². The first-order chi connectivity index (χ1) is 14.1. The lowest BCUT2D eigenvalue weighted by molar-refractivity contribution is -0.384. The largest absolute Gasteiger partial charge is 0.326 e. The fourth-order valence-corrected chi connectivity index (χ4v) is 3.55. The fourth-order valence-electron chi connectivity index (χ4n) is 3.55. The smallest absolute Gasteiger partial charge is 0.319 e. The predicted octanol–water partition coefficient (Wildman–Crippen LogP) is 3.57. The van der Waals surface area contributed by atoms with E-state index in [1.807, 2.05) is 11.9 Å². The Bertz CT molecular complexity index is 956. The summed E-state index contributed by atoms with van der Waals surface area (Å²) in [6, 6.07) is 13.5. The Morgan fingerprint density at radius 3 is 2.23 bits per heavy atom. The molecule has 3 rings (SSSR count). The van der Waals surface area contributed by atoms with E-state index in [9.17, 15) is 19.7 Å².